The molecule has 0 saturated carbocycles. The third-order valence-electron chi connectivity index (χ3n) is 3.63. The number of carbonyl (C=O) groups is 2. The molecule has 138 valence electrons. The van der Waals surface area contributed by atoms with Crippen molar-refractivity contribution in [3.8, 4) is 0 Å². The first-order valence-electron chi connectivity index (χ1n) is 8.19. The average molecular weight is 360 g/mol. The van der Waals surface area contributed by atoms with Gasteiger partial charge < -0.3 is 10.2 Å². The molecule has 0 bridgehead atoms. The van der Waals surface area contributed by atoms with Crippen molar-refractivity contribution < 1.29 is 18.4 Å². The van der Waals surface area contributed by atoms with Gasteiger partial charge in [0.1, 0.15) is 0 Å². The average Bonchev–Trinajstić information content (AvgIpc) is 2.56. The first kappa shape index (κ1) is 19.6. The lowest BCUT2D eigenvalue weighted by atomic mass is 10.1. The molecule has 0 unspecified atom stereocenters. The highest BCUT2D eigenvalue weighted by Gasteiger charge is 2.17. The minimum absolute atomic E-state index is 0.141. The summed E-state index contributed by atoms with van der Waals surface area (Å²) in [7, 11) is 1.57. The van der Waals surface area contributed by atoms with Gasteiger partial charge in [0.2, 0.25) is 0 Å². The van der Waals surface area contributed by atoms with Crippen LogP contribution in [0.2, 0.25) is 0 Å². The van der Waals surface area contributed by atoms with Crippen LogP contribution in [0.25, 0.3) is 0 Å². The highest BCUT2D eigenvalue weighted by atomic mass is 19.2. The number of halogens is 2. The van der Waals surface area contributed by atoms with Crippen LogP contribution < -0.4 is 5.32 Å². The summed E-state index contributed by atoms with van der Waals surface area (Å²) in [6.07, 6.45) is 0. The van der Waals surface area contributed by atoms with Gasteiger partial charge in [-0.25, -0.2) is 8.78 Å². The zero-order valence-electron chi connectivity index (χ0n) is 15.3. The Morgan fingerprint density at radius 2 is 1.54 bits per heavy atom. The summed E-state index contributed by atoms with van der Waals surface area (Å²) in [6.45, 7) is 5.80. The van der Waals surface area contributed by atoms with E-state index in [0.717, 1.165) is 12.1 Å². The van der Waals surface area contributed by atoms with Crippen molar-refractivity contribution in [2.75, 3.05) is 7.05 Å². The Bertz CT molecular complexity index is 812. The van der Waals surface area contributed by atoms with Crippen LogP contribution in [-0.4, -0.2) is 29.3 Å². The fraction of sp³-hybridized carbons (Fsp3) is 0.300. The maximum absolute atomic E-state index is 13.3. The molecule has 0 heterocycles. The number of carbonyl (C=O) groups excluding carboxylic acids is 2. The van der Waals surface area contributed by atoms with Gasteiger partial charge in [0, 0.05) is 30.3 Å². The summed E-state index contributed by atoms with van der Waals surface area (Å²) in [6, 6.07) is 9.84. The molecule has 0 aliphatic rings. The van der Waals surface area contributed by atoms with Crippen molar-refractivity contribution >= 4 is 11.8 Å². The standard InChI is InChI=1S/C20H22F2N2O2/c1-20(2,3)23-18(25)14-6-8-15(9-7-14)19(26)24(4)12-13-5-10-16(21)17(22)11-13/h5-11H,12H2,1-4H3,(H,23,25). The molecule has 0 radical (unpaired) electrons. The van der Waals surface area contributed by atoms with E-state index in [9.17, 15) is 18.4 Å². The van der Waals surface area contributed by atoms with Gasteiger partial charge in [-0.2, -0.15) is 0 Å². The van der Waals surface area contributed by atoms with Crippen LogP contribution in [0.1, 0.15) is 47.1 Å². The van der Waals surface area contributed by atoms with E-state index in [0.29, 0.717) is 16.7 Å². The normalized spacial score (nSPS) is 11.2. The number of hydrogen-bond donors (Lipinski definition) is 1. The monoisotopic (exact) mass is 360 g/mol. The molecule has 4 nitrogen and oxygen atoms in total. The van der Waals surface area contributed by atoms with Crippen molar-refractivity contribution in [2.24, 2.45) is 0 Å². The van der Waals surface area contributed by atoms with Gasteiger partial charge in [-0.1, -0.05) is 6.07 Å². The first-order chi connectivity index (χ1) is 12.1. The summed E-state index contributed by atoms with van der Waals surface area (Å²) < 4.78 is 26.3. The molecule has 0 aromatic heterocycles. The largest absolute Gasteiger partial charge is 0.347 e. The summed E-state index contributed by atoms with van der Waals surface area (Å²) in [5, 5.41) is 2.85. The molecule has 0 aliphatic heterocycles. The zero-order valence-corrected chi connectivity index (χ0v) is 15.3. The van der Waals surface area contributed by atoms with Gasteiger partial charge in [-0.05, 0) is 62.7 Å². The highest BCUT2D eigenvalue weighted by Crippen LogP contribution is 2.13. The van der Waals surface area contributed by atoms with Gasteiger partial charge in [-0.3, -0.25) is 9.59 Å². The van der Waals surface area contributed by atoms with Crippen LogP contribution >= 0.6 is 0 Å². The van der Waals surface area contributed by atoms with Crippen LogP contribution in [0, 0.1) is 11.6 Å². The van der Waals surface area contributed by atoms with Gasteiger partial charge in [0.05, 0.1) is 0 Å². The number of nitrogens with zero attached hydrogens (tertiary/aromatic N) is 1. The van der Waals surface area contributed by atoms with Crippen molar-refractivity contribution in [1.29, 1.82) is 0 Å². The van der Waals surface area contributed by atoms with Crippen LogP contribution in [-0.2, 0) is 6.54 Å². The second-order valence-corrected chi connectivity index (χ2v) is 7.19. The third kappa shape index (κ3) is 5.12. The van der Waals surface area contributed by atoms with Gasteiger partial charge in [-0.15, -0.1) is 0 Å². The highest BCUT2D eigenvalue weighted by molar-refractivity contribution is 5.98. The molecule has 2 aromatic carbocycles. The molecule has 2 amide bonds. The molecular weight excluding hydrogens is 338 g/mol. The number of hydrogen-bond acceptors (Lipinski definition) is 2. The van der Waals surface area contributed by atoms with Crippen LogP contribution in [0.15, 0.2) is 42.5 Å². The molecule has 2 rings (SSSR count). The van der Waals surface area contributed by atoms with Crippen LogP contribution in [0.3, 0.4) is 0 Å². The Balaban J connectivity index is 2.06. The smallest absolute Gasteiger partial charge is 0.253 e. The predicted octanol–water partition coefficient (Wildman–Crippen LogP) is 3.77. The molecule has 0 fully saturated rings. The van der Waals surface area contributed by atoms with Crippen LogP contribution in [0.4, 0.5) is 8.78 Å². The summed E-state index contributed by atoms with van der Waals surface area (Å²) >= 11 is 0. The Morgan fingerprint density at radius 1 is 0.962 bits per heavy atom. The molecule has 0 aliphatic carbocycles. The minimum Gasteiger partial charge on any atom is -0.347 e. The lowest BCUT2D eigenvalue weighted by Crippen LogP contribution is -2.40. The molecular formula is C20H22F2N2O2. The molecule has 26 heavy (non-hydrogen) atoms. The molecule has 1 N–H and O–H groups in total. The second kappa shape index (κ2) is 7.64. The van der Waals surface area contributed by atoms with E-state index < -0.39 is 11.6 Å². The maximum atomic E-state index is 13.3. The molecule has 0 atom stereocenters. The van der Waals surface area contributed by atoms with Gasteiger partial charge >= 0.3 is 0 Å². The first-order valence-corrected chi connectivity index (χ1v) is 8.19. The molecule has 0 spiro atoms. The maximum Gasteiger partial charge on any atom is 0.253 e. The van der Waals surface area contributed by atoms with E-state index in [4.69, 9.17) is 0 Å². The quantitative estimate of drug-likeness (QED) is 0.902. The van der Waals surface area contributed by atoms with Gasteiger partial charge in [0.15, 0.2) is 11.6 Å². The van der Waals surface area contributed by atoms with Crippen molar-refractivity contribution in [2.45, 2.75) is 32.9 Å². The minimum atomic E-state index is -0.947. The SMILES string of the molecule is CN(Cc1ccc(F)c(F)c1)C(=O)c1ccc(C(=O)NC(C)(C)C)cc1. The lowest BCUT2D eigenvalue weighted by molar-refractivity contribution is 0.0784. The Kier molecular flexibility index (Phi) is 5.75. The van der Waals surface area contributed by atoms with E-state index >= 15 is 0 Å². The third-order valence-corrected chi connectivity index (χ3v) is 3.63. The van der Waals surface area contributed by atoms with E-state index in [1.54, 1.807) is 31.3 Å². The predicted molar refractivity (Wildman–Crippen MR) is 95.8 cm³/mol. The summed E-state index contributed by atoms with van der Waals surface area (Å²) in [4.78, 5) is 26.0. The number of amides is 2. The molecule has 2 aromatic rings. The number of benzene rings is 2. The van der Waals surface area contributed by atoms with E-state index in [-0.39, 0.29) is 23.9 Å². The summed E-state index contributed by atoms with van der Waals surface area (Å²) in [5.74, 6) is -2.37. The van der Waals surface area contributed by atoms with Crippen molar-refractivity contribution in [1.82, 2.24) is 10.2 Å². The van der Waals surface area contributed by atoms with Gasteiger partial charge in [0.25, 0.3) is 11.8 Å². The Hall–Kier alpha value is -2.76. The Morgan fingerprint density at radius 3 is 2.08 bits per heavy atom. The molecule has 0 saturated heterocycles. The fourth-order valence-electron chi connectivity index (χ4n) is 2.38. The fourth-order valence-corrected chi connectivity index (χ4v) is 2.38. The van der Waals surface area contributed by atoms with Crippen molar-refractivity contribution in [3.05, 3.63) is 70.8 Å². The topological polar surface area (TPSA) is 49.4 Å². The zero-order chi connectivity index (χ0) is 19.5. The number of rotatable bonds is 4. The second-order valence-electron chi connectivity index (χ2n) is 7.19. The number of nitrogens with one attached hydrogen (secondary N) is 1. The van der Waals surface area contributed by atoms with E-state index in [2.05, 4.69) is 5.32 Å². The van der Waals surface area contributed by atoms with Crippen molar-refractivity contribution in [3.63, 3.8) is 0 Å². The summed E-state index contributed by atoms with van der Waals surface area (Å²) in [5.41, 5.74) is 0.999. The lowest BCUT2D eigenvalue weighted by Gasteiger charge is -2.21. The van der Waals surface area contributed by atoms with Crippen LogP contribution in [0.5, 0.6) is 0 Å². The Labute approximate surface area is 151 Å². The van der Waals surface area contributed by atoms with E-state index in [1.165, 1.54) is 11.0 Å². The van der Waals surface area contributed by atoms with E-state index in [1.807, 2.05) is 20.8 Å². The molecule has 6 heteroatoms.